The molecule has 1 nitrogen and oxygen atoms in total. The average Bonchev–Trinajstić information content (AvgIpc) is 2.97. The summed E-state index contributed by atoms with van der Waals surface area (Å²) in [5.41, 5.74) is 4.24. The Morgan fingerprint density at radius 3 is 1.79 bits per heavy atom. The molecule has 0 atom stereocenters. The van der Waals surface area contributed by atoms with Crippen molar-refractivity contribution in [2.45, 2.75) is 12.8 Å². The summed E-state index contributed by atoms with van der Waals surface area (Å²) in [4.78, 5) is 12.1. The van der Waals surface area contributed by atoms with E-state index in [9.17, 15) is 4.79 Å². The predicted octanol–water partition coefficient (Wildman–Crippen LogP) is 5.63. The zero-order valence-corrected chi connectivity index (χ0v) is 13.6. The van der Waals surface area contributed by atoms with Gasteiger partial charge in [0, 0.05) is 12.0 Å². The number of ketones is 1. The molecule has 0 aliphatic heterocycles. The highest BCUT2D eigenvalue weighted by atomic mass is 16.1. The van der Waals surface area contributed by atoms with Crippen molar-refractivity contribution >= 4 is 17.9 Å². The van der Waals surface area contributed by atoms with Crippen LogP contribution < -0.4 is 0 Å². The fourth-order valence-corrected chi connectivity index (χ4v) is 2.73. The summed E-state index contributed by atoms with van der Waals surface area (Å²) in [6.45, 7) is 0. The Balaban J connectivity index is 1.74. The molecule has 1 aliphatic carbocycles. The molecule has 0 saturated heterocycles. The zero-order chi connectivity index (χ0) is 16.6. The molecule has 0 radical (unpaired) electrons. The number of rotatable bonds is 4. The van der Waals surface area contributed by atoms with Crippen LogP contribution in [-0.2, 0) is 4.79 Å². The Morgan fingerprint density at radius 1 is 0.667 bits per heavy atom. The van der Waals surface area contributed by atoms with E-state index in [1.165, 1.54) is 0 Å². The molecule has 1 heteroatoms. The van der Waals surface area contributed by atoms with Gasteiger partial charge in [0.2, 0.25) is 0 Å². The van der Waals surface area contributed by atoms with Gasteiger partial charge in [-0.05, 0) is 23.1 Å². The molecule has 0 aromatic heterocycles. The van der Waals surface area contributed by atoms with Crippen LogP contribution in [0.25, 0.3) is 12.2 Å². The van der Waals surface area contributed by atoms with E-state index < -0.39 is 0 Å². The van der Waals surface area contributed by atoms with E-state index in [1.54, 1.807) is 0 Å². The van der Waals surface area contributed by atoms with Gasteiger partial charge in [-0.3, -0.25) is 4.79 Å². The molecule has 24 heavy (non-hydrogen) atoms. The molecule has 2 aromatic rings. The van der Waals surface area contributed by atoms with Gasteiger partial charge in [-0.15, -0.1) is 0 Å². The third-order valence-electron chi connectivity index (χ3n) is 4.00. The van der Waals surface area contributed by atoms with Crippen LogP contribution in [0.1, 0.15) is 24.0 Å². The highest BCUT2D eigenvalue weighted by Crippen LogP contribution is 2.27. The number of carbonyl (C=O) groups excluding carboxylic acids is 1. The van der Waals surface area contributed by atoms with Crippen molar-refractivity contribution < 1.29 is 4.79 Å². The van der Waals surface area contributed by atoms with Gasteiger partial charge in [0.15, 0.2) is 5.78 Å². The van der Waals surface area contributed by atoms with E-state index in [4.69, 9.17) is 0 Å². The van der Waals surface area contributed by atoms with E-state index in [-0.39, 0.29) is 5.78 Å². The lowest BCUT2D eigenvalue weighted by Gasteiger charge is -1.97. The largest absolute Gasteiger partial charge is 0.294 e. The Morgan fingerprint density at radius 2 is 1.21 bits per heavy atom. The van der Waals surface area contributed by atoms with Gasteiger partial charge in [0.1, 0.15) is 0 Å². The fraction of sp³-hybridized carbons (Fsp3) is 0.0870. The van der Waals surface area contributed by atoms with Crippen molar-refractivity contribution in [3.8, 4) is 0 Å². The second kappa shape index (κ2) is 8.07. The molecule has 0 heterocycles. The highest BCUT2D eigenvalue weighted by Gasteiger charge is 2.21. The van der Waals surface area contributed by atoms with E-state index in [0.717, 1.165) is 28.7 Å². The molecule has 1 aliphatic rings. The first kappa shape index (κ1) is 15.9. The molecule has 118 valence electrons. The van der Waals surface area contributed by atoms with Crippen LogP contribution in [-0.4, -0.2) is 5.78 Å². The second-order valence-corrected chi connectivity index (χ2v) is 5.74. The average molecular weight is 312 g/mol. The van der Waals surface area contributed by atoms with Gasteiger partial charge in [0.25, 0.3) is 0 Å². The van der Waals surface area contributed by atoms with E-state index >= 15 is 0 Å². The first-order valence-electron chi connectivity index (χ1n) is 8.22. The zero-order valence-electron chi connectivity index (χ0n) is 13.6. The maximum atomic E-state index is 12.1. The Bertz CT molecular complexity index is 806. The fourth-order valence-electron chi connectivity index (χ4n) is 2.73. The van der Waals surface area contributed by atoms with Crippen molar-refractivity contribution in [3.05, 3.63) is 107 Å². The number of allylic oxidation sites excluding steroid dienone is 6. The predicted molar refractivity (Wildman–Crippen MR) is 101 cm³/mol. The third-order valence-corrected chi connectivity index (χ3v) is 4.00. The SMILES string of the molecule is O=C1CCC(=CC=Cc2ccccc2)C1=CC=Cc1ccccc1. The lowest BCUT2D eigenvalue weighted by Crippen LogP contribution is -1.91. The number of hydrogen-bond donors (Lipinski definition) is 0. The highest BCUT2D eigenvalue weighted by molar-refractivity contribution is 6.03. The minimum absolute atomic E-state index is 0.229. The van der Waals surface area contributed by atoms with E-state index in [0.29, 0.717) is 6.42 Å². The van der Waals surface area contributed by atoms with Gasteiger partial charge < -0.3 is 0 Å². The van der Waals surface area contributed by atoms with Gasteiger partial charge in [-0.25, -0.2) is 0 Å². The topological polar surface area (TPSA) is 17.1 Å². The molecule has 1 saturated carbocycles. The summed E-state index contributed by atoms with van der Waals surface area (Å²) >= 11 is 0. The van der Waals surface area contributed by atoms with Crippen LogP contribution in [0.3, 0.4) is 0 Å². The van der Waals surface area contributed by atoms with Gasteiger partial charge in [-0.2, -0.15) is 0 Å². The third kappa shape index (κ3) is 4.30. The Labute approximate surface area is 143 Å². The van der Waals surface area contributed by atoms with E-state index in [1.807, 2.05) is 72.8 Å². The lowest BCUT2D eigenvalue weighted by molar-refractivity contribution is -0.114. The first-order chi connectivity index (χ1) is 11.8. The minimum atomic E-state index is 0.229. The molecule has 0 unspecified atom stereocenters. The van der Waals surface area contributed by atoms with Crippen molar-refractivity contribution in [1.29, 1.82) is 0 Å². The summed E-state index contributed by atoms with van der Waals surface area (Å²) in [5, 5.41) is 0. The Hall–Kier alpha value is -2.93. The molecular formula is C23H20O. The number of Topliss-reactive ketones (excluding diaryl/α,β-unsaturated/α-hetero) is 1. The van der Waals surface area contributed by atoms with Gasteiger partial charge in [0.05, 0.1) is 0 Å². The molecule has 0 spiro atoms. The number of hydrogen-bond acceptors (Lipinski definition) is 1. The molecule has 0 amide bonds. The molecule has 2 aromatic carbocycles. The quantitative estimate of drug-likeness (QED) is 0.669. The lowest BCUT2D eigenvalue weighted by atomic mass is 10.1. The minimum Gasteiger partial charge on any atom is -0.294 e. The summed E-state index contributed by atoms with van der Waals surface area (Å²) in [6, 6.07) is 20.3. The van der Waals surface area contributed by atoms with Gasteiger partial charge >= 0.3 is 0 Å². The molecule has 3 rings (SSSR count). The monoisotopic (exact) mass is 312 g/mol. The van der Waals surface area contributed by atoms with Crippen LogP contribution in [0.4, 0.5) is 0 Å². The van der Waals surface area contributed by atoms with Gasteiger partial charge in [-0.1, -0.05) is 97.1 Å². The van der Waals surface area contributed by atoms with Crippen LogP contribution in [0.15, 0.2) is 96.1 Å². The molecule has 0 bridgehead atoms. The van der Waals surface area contributed by atoms with Crippen molar-refractivity contribution in [2.75, 3.05) is 0 Å². The first-order valence-corrected chi connectivity index (χ1v) is 8.22. The Kier molecular flexibility index (Phi) is 5.36. The second-order valence-electron chi connectivity index (χ2n) is 5.74. The van der Waals surface area contributed by atoms with Crippen molar-refractivity contribution in [3.63, 3.8) is 0 Å². The van der Waals surface area contributed by atoms with Crippen LogP contribution in [0.2, 0.25) is 0 Å². The maximum Gasteiger partial charge on any atom is 0.163 e. The maximum absolute atomic E-state index is 12.1. The smallest absolute Gasteiger partial charge is 0.163 e. The standard InChI is InChI=1S/C23H20O/c24-23-18-17-21(15-7-13-19-9-3-1-4-10-19)22(23)16-8-14-20-11-5-2-6-12-20/h1-16H,17-18H2. The molecule has 1 fully saturated rings. The van der Waals surface area contributed by atoms with Crippen LogP contribution in [0, 0.1) is 0 Å². The molecule has 0 N–H and O–H groups in total. The van der Waals surface area contributed by atoms with Crippen molar-refractivity contribution in [2.24, 2.45) is 0 Å². The van der Waals surface area contributed by atoms with Crippen LogP contribution in [0.5, 0.6) is 0 Å². The number of benzene rings is 2. The normalized spacial score (nSPS) is 18.4. The molecular weight excluding hydrogens is 292 g/mol. The van der Waals surface area contributed by atoms with Crippen molar-refractivity contribution in [1.82, 2.24) is 0 Å². The summed E-state index contributed by atoms with van der Waals surface area (Å²) in [6.07, 6.45) is 13.5. The summed E-state index contributed by atoms with van der Waals surface area (Å²) in [5.74, 6) is 0.229. The van der Waals surface area contributed by atoms with Crippen LogP contribution >= 0.6 is 0 Å². The van der Waals surface area contributed by atoms with E-state index in [2.05, 4.69) is 24.3 Å². The summed E-state index contributed by atoms with van der Waals surface area (Å²) < 4.78 is 0. The summed E-state index contributed by atoms with van der Waals surface area (Å²) in [7, 11) is 0. The number of carbonyl (C=O) groups is 1.